The minimum Gasteiger partial charge on any atom is -0.481 e. The van der Waals surface area contributed by atoms with E-state index in [1.807, 2.05) is 24.3 Å². The molecule has 3 aliphatic rings. The van der Waals surface area contributed by atoms with E-state index in [4.69, 9.17) is 4.74 Å². The van der Waals surface area contributed by atoms with Crippen LogP contribution >= 0.6 is 0 Å². The molecule has 0 bridgehead atoms. The molecule has 1 amide bonds. The molecule has 0 aromatic heterocycles. The third-order valence-electron chi connectivity index (χ3n) is 8.22. The summed E-state index contributed by atoms with van der Waals surface area (Å²) in [5, 5.41) is 9.90. The first-order valence-corrected chi connectivity index (χ1v) is 11.8. The number of likely N-dealkylation sites (tertiary alicyclic amines) is 1. The second-order valence-corrected chi connectivity index (χ2v) is 9.79. The monoisotopic (exact) mass is 433 g/mol. The first-order valence-electron chi connectivity index (χ1n) is 11.8. The maximum Gasteiger partial charge on any atom is 0.409 e. The molecule has 1 heterocycles. The Hall–Kier alpha value is -2.82. The molecular weight excluding hydrogens is 402 g/mol. The van der Waals surface area contributed by atoms with Gasteiger partial charge in [0.25, 0.3) is 0 Å². The molecule has 5 heteroatoms. The van der Waals surface area contributed by atoms with Crippen molar-refractivity contribution < 1.29 is 19.4 Å². The van der Waals surface area contributed by atoms with Crippen molar-refractivity contribution in [2.45, 2.75) is 44.9 Å². The molecule has 5 rings (SSSR count). The lowest BCUT2D eigenvalue weighted by Crippen LogP contribution is -2.38. The fourth-order valence-electron chi connectivity index (χ4n) is 6.30. The Labute approximate surface area is 189 Å². The third kappa shape index (κ3) is 3.48. The van der Waals surface area contributed by atoms with E-state index in [1.165, 1.54) is 22.3 Å². The average Bonchev–Trinajstić information content (AvgIpc) is 3.35. The van der Waals surface area contributed by atoms with Crippen LogP contribution < -0.4 is 0 Å². The summed E-state index contributed by atoms with van der Waals surface area (Å²) in [5.41, 5.74) is 4.45. The number of carbonyl (C=O) groups excluding carboxylic acids is 1. The van der Waals surface area contributed by atoms with Crippen molar-refractivity contribution in [3.05, 3.63) is 59.7 Å². The van der Waals surface area contributed by atoms with Crippen LogP contribution in [0.1, 0.15) is 56.1 Å². The SMILES string of the molecule is CCC1CCC2(CC1)CN(C(=O)OCC1c3ccccc3-c3ccccc31)CC2C(=O)O. The number of carbonyl (C=O) groups is 2. The number of benzene rings is 2. The number of ether oxygens (including phenoxy) is 1. The van der Waals surface area contributed by atoms with Gasteiger partial charge in [-0.3, -0.25) is 4.79 Å². The van der Waals surface area contributed by atoms with Crippen molar-refractivity contribution in [1.29, 1.82) is 0 Å². The van der Waals surface area contributed by atoms with Crippen molar-refractivity contribution in [2.75, 3.05) is 19.7 Å². The topological polar surface area (TPSA) is 66.8 Å². The van der Waals surface area contributed by atoms with Gasteiger partial charge in [0, 0.05) is 24.4 Å². The summed E-state index contributed by atoms with van der Waals surface area (Å²) in [5.74, 6) is -0.591. The zero-order valence-electron chi connectivity index (χ0n) is 18.6. The molecule has 1 aliphatic heterocycles. The van der Waals surface area contributed by atoms with Crippen LogP contribution in [0.25, 0.3) is 11.1 Å². The Kier molecular flexibility index (Phi) is 5.44. The van der Waals surface area contributed by atoms with Crippen LogP contribution in [0.2, 0.25) is 0 Å². The molecule has 5 nitrogen and oxygen atoms in total. The number of amides is 1. The van der Waals surface area contributed by atoms with E-state index >= 15 is 0 Å². The predicted octanol–water partition coefficient (Wildman–Crippen LogP) is 5.54. The standard InChI is InChI=1S/C27H31NO4/c1-2-18-11-13-27(14-12-18)17-28(15-24(27)25(29)30)26(31)32-16-23-21-9-5-3-7-19(21)20-8-4-6-10-22(20)23/h3-10,18,23-24H,2,11-17H2,1H3,(H,29,30). The van der Waals surface area contributed by atoms with Crippen LogP contribution in [0.15, 0.2) is 48.5 Å². The number of nitrogens with zero attached hydrogens (tertiary/aromatic N) is 1. The Bertz CT molecular complexity index is 978. The highest BCUT2D eigenvalue weighted by Crippen LogP contribution is 2.50. The van der Waals surface area contributed by atoms with Gasteiger partial charge in [0.1, 0.15) is 6.61 Å². The molecule has 2 aliphatic carbocycles. The van der Waals surface area contributed by atoms with Crippen LogP contribution in [0.3, 0.4) is 0 Å². The Morgan fingerprint density at radius 2 is 1.62 bits per heavy atom. The summed E-state index contributed by atoms with van der Waals surface area (Å²) in [6.07, 6.45) is 4.64. The number of rotatable bonds is 4. The smallest absolute Gasteiger partial charge is 0.409 e. The summed E-state index contributed by atoms with van der Waals surface area (Å²) in [6, 6.07) is 16.5. The van der Waals surface area contributed by atoms with Gasteiger partial charge < -0.3 is 14.7 Å². The molecule has 1 saturated carbocycles. The number of hydrogen-bond donors (Lipinski definition) is 1. The minimum absolute atomic E-state index is 0.0122. The highest BCUT2D eigenvalue weighted by molar-refractivity contribution is 5.79. The second kappa shape index (κ2) is 8.27. The van der Waals surface area contributed by atoms with Gasteiger partial charge in [0.2, 0.25) is 0 Å². The minimum atomic E-state index is -0.783. The van der Waals surface area contributed by atoms with Gasteiger partial charge >= 0.3 is 12.1 Å². The molecule has 2 fully saturated rings. The maximum absolute atomic E-state index is 13.1. The van der Waals surface area contributed by atoms with Gasteiger partial charge in [-0.1, -0.05) is 61.9 Å². The summed E-state index contributed by atoms with van der Waals surface area (Å²) >= 11 is 0. The van der Waals surface area contributed by atoms with Crippen LogP contribution in [0.4, 0.5) is 4.79 Å². The van der Waals surface area contributed by atoms with Gasteiger partial charge in [0.05, 0.1) is 5.92 Å². The molecule has 2 aromatic carbocycles. The van der Waals surface area contributed by atoms with E-state index in [9.17, 15) is 14.7 Å². The van der Waals surface area contributed by atoms with Crippen LogP contribution in [-0.2, 0) is 9.53 Å². The van der Waals surface area contributed by atoms with Gasteiger partial charge in [0.15, 0.2) is 0 Å². The van der Waals surface area contributed by atoms with Gasteiger partial charge in [-0.25, -0.2) is 4.79 Å². The number of aliphatic carboxylic acids is 1. The zero-order valence-corrected chi connectivity index (χ0v) is 18.6. The van der Waals surface area contributed by atoms with Crippen molar-refractivity contribution in [3.63, 3.8) is 0 Å². The first-order chi connectivity index (χ1) is 15.5. The number of fused-ring (bicyclic) bond motifs is 3. The lowest BCUT2D eigenvalue weighted by atomic mass is 9.65. The molecule has 1 atom stereocenters. The van der Waals surface area contributed by atoms with E-state index in [0.29, 0.717) is 12.5 Å². The Morgan fingerprint density at radius 3 is 2.19 bits per heavy atom. The molecule has 1 saturated heterocycles. The average molecular weight is 434 g/mol. The molecule has 168 valence electrons. The highest BCUT2D eigenvalue weighted by Gasteiger charge is 2.52. The van der Waals surface area contributed by atoms with Crippen molar-refractivity contribution in [3.8, 4) is 11.1 Å². The second-order valence-electron chi connectivity index (χ2n) is 9.79. The first kappa shape index (κ1) is 21.0. The molecule has 32 heavy (non-hydrogen) atoms. The largest absolute Gasteiger partial charge is 0.481 e. The lowest BCUT2D eigenvalue weighted by Gasteiger charge is -2.39. The number of hydrogen-bond acceptors (Lipinski definition) is 3. The molecule has 0 radical (unpaired) electrons. The summed E-state index contributed by atoms with van der Waals surface area (Å²) in [4.78, 5) is 26.8. The fourth-order valence-corrected chi connectivity index (χ4v) is 6.30. The fraction of sp³-hybridized carbons (Fsp3) is 0.481. The van der Waals surface area contributed by atoms with Gasteiger partial charge in [-0.05, 0) is 53.9 Å². The summed E-state index contributed by atoms with van der Waals surface area (Å²) < 4.78 is 5.82. The number of carboxylic acids is 1. The highest BCUT2D eigenvalue weighted by atomic mass is 16.6. The zero-order chi connectivity index (χ0) is 22.3. The normalized spacial score (nSPS) is 26.7. The van der Waals surface area contributed by atoms with Crippen LogP contribution in [0, 0.1) is 17.3 Å². The van der Waals surface area contributed by atoms with E-state index < -0.39 is 11.9 Å². The summed E-state index contributed by atoms with van der Waals surface area (Å²) in [7, 11) is 0. The van der Waals surface area contributed by atoms with E-state index in [-0.39, 0.29) is 30.6 Å². The van der Waals surface area contributed by atoms with Gasteiger partial charge in [-0.15, -0.1) is 0 Å². The van der Waals surface area contributed by atoms with Crippen LogP contribution in [-0.4, -0.2) is 41.8 Å². The van der Waals surface area contributed by atoms with Gasteiger partial charge in [-0.2, -0.15) is 0 Å². The third-order valence-corrected chi connectivity index (χ3v) is 8.22. The van der Waals surface area contributed by atoms with E-state index in [2.05, 4.69) is 31.2 Å². The molecule has 1 spiro atoms. The predicted molar refractivity (Wildman–Crippen MR) is 122 cm³/mol. The van der Waals surface area contributed by atoms with Crippen molar-refractivity contribution in [2.24, 2.45) is 17.3 Å². The summed E-state index contributed by atoms with van der Waals surface area (Å²) in [6.45, 7) is 3.22. The Morgan fingerprint density at radius 1 is 1.03 bits per heavy atom. The van der Waals surface area contributed by atoms with Crippen molar-refractivity contribution >= 4 is 12.1 Å². The Balaban J connectivity index is 1.29. The molecule has 1 N–H and O–H groups in total. The van der Waals surface area contributed by atoms with Crippen molar-refractivity contribution in [1.82, 2.24) is 4.90 Å². The molecular formula is C27H31NO4. The molecule has 1 unspecified atom stereocenters. The maximum atomic E-state index is 13.1. The van der Waals surface area contributed by atoms with E-state index in [1.54, 1.807) is 4.90 Å². The quantitative estimate of drug-likeness (QED) is 0.688. The lowest BCUT2D eigenvalue weighted by molar-refractivity contribution is -0.145. The van der Waals surface area contributed by atoms with E-state index in [0.717, 1.165) is 32.1 Å². The molecule has 2 aromatic rings. The van der Waals surface area contributed by atoms with Crippen LogP contribution in [0.5, 0.6) is 0 Å². The number of carboxylic acid groups (broad SMARTS) is 1.